The van der Waals surface area contributed by atoms with Crippen LogP contribution < -0.4 is 5.32 Å². The molecule has 1 saturated heterocycles. The Morgan fingerprint density at radius 2 is 2.30 bits per heavy atom. The van der Waals surface area contributed by atoms with Crippen LogP contribution in [0.1, 0.15) is 17.0 Å². The maximum atomic E-state index is 5.63. The third-order valence-electron chi connectivity index (χ3n) is 3.30. The van der Waals surface area contributed by atoms with Gasteiger partial charge in [-0.15, -0.1) is 0 Å². The monoisotopic (exact) mass is 274 g/mol. The van der Waals surface area contributed by atoms with Gasteiger partial charge in [0.05, 0.1) is 19.1 Å². The third-order valence-corrected chi connectivity index (χ3v) is 3.30. The molecule has 3 heterocycles. The Kier molecular flexibility index (Phi) is 3.75. The molecular weight excluding hydrogens is 256 g/mol. The van der Waals surface area contributed by atoms with Gasteiger partial charge in [0.1, 0.15) is 5.69 Å². The van der Waals surface area contributed by atoms with Gasteiger partial charge in [0.15, 0.2) is 0 Å². The molecule has 0 bridgehead atoms. The molecule has 106 valence electrons. The average molecular weight is 274 g/mol. The predicted molar refractivity (Wildman–Crippen MR) is 73.3 cm³/mol. The minimum atomic E-state index is 0.101. The number of nitrogens with zero attached hydrogens (tertiary/aromatic N) is 3. The number of rotatable bonds is 3. The van der Waals surface area contributed by atoms with Crippen molar-refractivity contribution in [3.63, 3.8) is 0 Å². The Hall–Kier alpha value is -1.79. The lowest BCUT2D eigenvalue weighted by Gasteiger charge is -2.21. The molecule has 0 spiro atoms. The molecule has 6 heteroatoms. The number of ether oxygens (including phenoxy) is 1. The highest BCUT2D eigenvalue weighted by molar-refractivity contribution is 5.53. The second-order valence-corrected chi connectivity index (χ2v) is 5.09. The molecule has 0 radical (unpaired) electrons. The van der Waals surface area contributed by atoms with Crippen LogP contribution in [0.5, 0.6) is 0 Å². The average Bonchev–Trinajstić information content (AvgIpc) is 2.88. The smallest absolute Gasteiger partial charge is 0.229 e. The maximum Gasteiger partial charge on any atom is 0.229 e. The van der Waals surface area contributed by atoms with Crippen molar-refractivity contribution in [2.24, 2.45) is 0 Å². The Bertz CT molecular complexity index is 591. The number of aromatic nitrogens is 3. The van der Waals surface area contributed by atoms with Crippen molar-refractivity contribution in [1.29, 1.82) is 0 Å². The van der Waals surface area contributed by atoms with E-state index >= 15 is 0 Å². The first-order valence-corrected chi connectivity index (χ1v) is 6.81. The van der Waals surface area contributed by atoms with Crippen LogP contribution in [-0.4, -0.2) is 40.9 Å². The summed E-state index contributed by atoms with van der Waals surface area (Å²) in [6.07, 6.45) is 2.54. The highest BCUT2D eigenvalue weighted by atomic mass is 16.5. The Balaban J connectivity index is 1.75. The lowest BCUT2D eigenvalue weighted by molar-refractivity contribution is 0.0246. The zero-order chi connectivity index (χ0) is 13.9. The Labute approximate surface area is 117 Å². The van der Waals surface area contributed by atoms with Crippen LogP contribution in [0.25, 0.3) is 11.5 Å². The van der Waals surface area contributed by atoms with Crippen molar-refractivity contribution in [3.05, 3.63) is 29.3 Å². The maximum absolute atomic E-state index is 5.63. The summed E-state index contributed by atoms with van der Waals surface area (Å²) >= 11 is 0. The normalized spacial score (nSPS) is 19.2. The van der Waals surface area contributed by atoms with Crippen molar-refractivity contribution in [1.82, 2.24) is 20.4 Å². The first-order chi connectivity index (χ1) is 9.72. The van der Waals surface area contributed by atoms with Gasteiger partial charge in [-0.05, 0) is 25.0 Å². The highest BCUT2D eigenvalue weighted by Crippen LogP contribution is 2.19. The molecule has 0 saturated carbocycles. The molecule has 1 N–H and O–H groups in total. The minimum Gasteiger partial charge on any atom is -0.375 e. The van der Waals surface area contributed by atoms with Crippen LogP contribution in [0.4, 0.5) is 0 Å². The fraction of sp³-hybridized carbons (Fsp3) is 0.500. The van der Waals surface area contributed by atoms with Gasteiger partial charge in [-0.1, -0.05) is 11.2 Å². The number of nitrogens with one attached hydrogen (secondary N) is 1. The van der Waals surface area contributed by atoms with Gasteiger partial charge in [-0.25, -0.2) is 0 Å². The van der Waals surface area contributed by atoms with Crippen LogP contribution in [0, 0.1) is 13.8 Å². The highest BCUT2D eigenvalue weighted by Gasteiger charge is 2.19. The number of aryl methyl sites for hydroxylation is 2. The lowest BCUT2D eigenvalue weighted by atomic mass is 10.1. The fourth-order valence-corrected chi connectivity index (χ4v) is 2.33. The van der Waals surface area contributed by atoms with Gasteiger partial charge in [-0.3, -0.25) is 4.98 Å². The van der Waals surface area contributed by atoms with Gasteiger partial charge in [0.2, 0.25) is 11.7 Å². The summed E-state index contributed by atoms with van der Waals surface area (Å²) in [6, 6.07) is 2.06. The molecule has 0 amide bonds. The number of pyridine rings is 1. The van der Waals surface area contributed by atoms with Gasteiger partial charge in [0.25, 0.3) is 0 Å². The summed E-state index contributed by atoms with van der Waals surface area (Å²) in [6.45, 7) is 6.46. The molecule has 0 aromatic carbocycles. The topological polar surface area (TPSA) is 73.1 Å². The van der Waals surface area contributed by atoms with Crippen LogP contribution in [0.15, 0.2) is 16.8 Å². The molecule has 2 aromatic rings. The number of hydrogen-bond donors (Lipinski definition) is 1. The van der Waals surface area contributed by atoms with Crippen molar-refractivity contribution < 1.29 is 9.26 Å². The van der Waals surface area contributed by atoms with Crippen molar-refractivity contribution in [3.8, 4) is 11.5 Å². The summed E-state index contributed by atoms with van der Waals surface area (Å²) in [5.74, 6) is 1.14. The first kappa shape index (κ1) is 13.2. The van der Waals surface area contributed by atoms with E-state index in [0.29, 0.717) is 18.1 Å². The van der Waals surface area contributed by atoms with Gasteiger partial charge in [0, 0.05) is 19.3 Å². The van der Waals surface area contributed by atoms with Crippen molar-refractivity contribution >= 4 is 0 Å². The van der Waals surface area contributed by atoms with Crippen LogP contribution >= 0.6 is 0 Å². The second kappa shape index (κ2) is 5.68. The standard InChI is InChI=1S/C14H18N4O2/c1-9-5-10(2)13(16-7-9)14-17-12(20-18-14)6-11-8-15-3-4-19-11/h5,7,11,15H,3-4,6,8H2,1-2H3. The summed E-state index contributed by atoms with van der Waals surface area (Å²) in [4.78, 5) is 8.80. The lowest BCUT2D eigenvalue weighted by Crippen LogP contribution is -2.39. The Morgan fingerprint density at radius 3 is 3.05 bits per heavy atom. The zero-order valence-corrected chi connectivity index (χ0v) is 11.7. The van der Waals surface area contributed by atoms with Crippen molar-refractivity contribution in [2.75, 3.05) is 19.7 Å². The van der Waals surface area contributed by atoms with E-state index in [1.807, 2.05) is 20.0 Å². The number of hydrogen-bond acceptors (Lipinski definition) is 6. The fourth-order valence-electron chi connectivity index (χ4n) is 2.33. The molecule has 1 unspecified atom stereocenters. The quantitative estimate of drug-likeness (QED) is 0.909. The largest absolute Gasteiger partial charge is 0.375 e. The first-order valence-electron chi connectivity index (χ1n) is 6.81. The Morgan fingerprint density at radius 1 is 1.40 bits per heavy atom. The zero-order valence-electron chi connectivity index (χ0n) is 11.7. The molecule has 0 aliphatic carbocycles. The molecule has 1 aliphatic rings. The molecular formula is C14H18N4O2. The van der Waals surface area contributed by atoms with E-state index in [2.05, 4.69) is 26.5 Å². The van der Waals surface area contributed by atoms with E-state index < -0.39 is 0 Å². The van der Waals surface area contributed by atoms with E-state index in [4.69, 9.17) is 9.26 Å². The van der Waals surface area contributed by atoms with Crippen LogP contribution in [0.2, 0.25) is 0 Å². The van der Waals surface area contributed by atoms with E-state index in [1.54, 1.807) is 0 Å². The van der Waals surface area contributed by atoms with Gasteiger partial charge < -0.3 is 14.6 Å². The predicted octanol–water partition coefficient (Wildman–Crippen LogP) is 1.28. The second-order valence-electron chi connectivity index (χ2n) is 5.09. The molecule has 6 nitrogen and oxygen atoms in total. The van der Waals surface area contributed by atoms with Gasteiger partial charge in [-0.2, -0.15) is 4.98 Å². The molecule has 1 atom stereocenters. The number of morpholine rings is 1. The summed E-state index contributed by atoms with van der Waals surface area (Å²) in [7, 11) is 0. The minimum absolute atomic E-state index is 0.101. The molecule has 1 fully saturated rings. The summed E-state index contributed by atoms with van der Waals surface area (Å²) in [5, 5.41) is 7.30. The molecule has 2 aromatic heterocycles. The molecule has 3 rings (SSSR count). The van der Waals surface area contributed by atoms with Crippen molar-refractivity contribution in [2.45, 2.75) is 26.4 Å². The molecule has 1 aliphatic heterocycles. The van der Waals surface area contributed by atoms with Gasteiger partial charge >= 0.3 is 0 Å². The van der Waals surface area contributed by atoms with E-state index in [-0.39, 0.29) is 6.10 Å². The van der Waals surface area contributed by atoms with Crippen LogP contribution in [0.3, 0.4) is 0 Å². The van der Waals surface area contributed by atoms with E-state index in [9.17, 15) is 0 Å². The van der Waals surface area contributed by atoms with E-state index in [1.165, 1.54) is 0 Å². The molecule has 20 heavy (non-hydrogen) atoms. The third kappa shape index (κ3) is 2.86. The van der Waals surface area contributed by atoms with E-state index in [0.717, 1.165) is 36.5 Å². The summed E-state index contributed by atoms with van der Waals surface area (Å²) in [5.41, 5.74) is 2.94. The SMILES string of the molecule is Cc1cnc(-c2noc(CC3CNCCO3)n2)c(C)c1. The summed E-state index contributed by atoms with van der Waals surface area (Å²) < 4.78 is 10.9. The van der Waals surface area contributed by atoms with Crippen LogP contribution in [-0.2, 0) is 11.2 Å².